The molecule has 0 nitrogen and oxygen atoms in total. The van der Waals surface area contributed by atoms with Gasteiger partial charge in [-0.15, -0.1) is 11.8 Å². The van der Waals surface area contributed by atoms with E-state index in [0.29, 0.717) is 5.25 Å². The molecule has 1 heteroatoms. The maximum atomic E-state index is 3.56. The smallest absolute Gasteiger partial charge is 0.00317 e. The summed E-state index contributed by atoms with van der Waals surface area (Å²) in [5, 5.41) is 2.74. The summed E-state index contributed by atoms with van der Waals surface area (Å²) in [4.78, 5) is 0. The first-order valence-electron chi connectivity index (χ1n) is 2.70. The zero-order valence-electron chi connectivity index (χ0n) is 5.42. The van der Waals surface area contributed by atoms with Crippen LogP contribution < -0.4 is 0 Å². The Kier molecular flexibility index (Phi) is 4.87. The van der Waals surface area contributed by atoms with E-state index in [-0.39, 0.29) is 0 Å². The molecule has 0 radical (unpaired) electrons. The lowest BCUT2D eigenvalue weighted by molar-refractivity contribution is 1.12. The first-order chi connectivity index (χ1) is 3.77. The molecule has 8 heavy (non-hydrogen) atoms. The van der Waals surface area contributed by atoms with Gasteiger partial charge in [-0.25, -0.2) is 0 Å². The normalized spacial score (nSPS) is 10.9. The molecule has 0 aromatic rings. The van der Waals surface area contributed by atoms with Crippen LogP contribution in [0.4, 0.5) is 0 Å². The molecule has 0 aliphatic carbocycles. The molecular weight excluding hydrogens is 116 g/mol. The number of hydrogen-bond donors (Lipinski definition) is 0. The van der Waals surface area contributed by atoms with Crippen LogP contribution in [-0.2, 0) is 0 Å². The van der Waals surface area contributed by atoms with Gasteiger partial charge in [-0.05, 0) is 5.41 Å². The lowest BCUT2D eigenvalue weighted by Gasteiger charge is -1.93. The highest BCUT2D eigenvalue weighted by atomic mass is 32.2. The molecule has 0 atom stereocenters. The number of hydrogen-bond acceptors (Lipinski definition) is 1. The van der Waals surface area contributed by atoms with Gasteiger partial charge in [0.25, 0.3) is 0 Å². The van der Waals surface area contributed by atoms with Crippen molar-refractivity contribution >= 4 is 11.8 Å². The second kappa shape index (κ2) is 4.98. The lowest BCUT2D eigenvalue weighted by Crippen LogP contribution is -1.79. The highest BCUT2D eigenvalue weighted by molar-refractivity contribution is 8.02. The minimum atomic E-state index is 0.686. The third kappa shape index (κ3) is 5.83. The fourth-order valence-corrected chi connectivity index (χ4v) is 0.774. The van der Waals surface area contributed by atoms with Crippen molar-refractivity contribution in [2.45, 2.75) is 19.1 Å². The van der Waals surface area contributed by atoms with Crippen molar-refractivity contribution in [3.05, 3.63) is 24.1 Å². The van der Waals surface area contributed by atoms with Crippen LogP contribution in [0.25, 0.3) is 0 Å². The van der Waals surface area contributed by atoms with Crippen molar-refractivity contribution in [2.75, 3.05) is 0 Å². The first-order valence-corrected chi connectivity index (χ1v) is 3.64. The summed E-state index contributed by atoms with van der Waals surface area (Å²) < 4.78 is 0. The van der Waals surface area contributed by atoms with Gasteiger partial charge in [-0.3, -0.25) is 0 Å². The molecule has 0 aliphatic heterocycles. The predicted molar refractivity (Wildman–Crippen MR) is 42.1 cm³/mol. The Balaban J connectivity index is 3.15. The van der Waals surface area contributed by atoms with Crippen molar-refractivity contribution in [2.24, 2.45) is 0 Å². The Morgan fingerprint density at radius 1 is 1.50 bits per heavy atom. The van der Waals surface area contributed by atoms with Gasteiger partial charge in [-0.2, -0.15) is 0 Å². The average Bonchev–Trinajstić information content (AvgIpc) is 1.66. The first kappa shape index (κ1) is 7.83. The van der Waals surface area contributed by atoms with Gasteiger partial charge in [0, 0.05) is 5.25 Å². The van der Waals surface area contributed by atoms with Crippen LogP contribution in [0.2, 0.25) is 0 Å². The van der Waals surface area contributed by atoms with Crippen LogP contribution in [0.15, 0.2) is 24.1 Å². The summed E-state index contributed by atoms with van der Waals surface area (Å²) in [6, 6.07) is 0. The second-order valence-corrected chi connectivity index (χ2v) is 3.24. The third-order valence-electron chi connectivity index (χ3n) is 0.565. The quantitative estimate of drug-likeness (QED) is 0.527. The third-order valence-corrected chi connectivity index (χ3v) is 1.42. The van der Waals surface area contributed by atoms with E-state index in [1.54, 1.807) is 17.8 Å². The molecule has 0 amide bonds. The Labute approximate surface area is 55.7 Å². The SMILES string of the molecule is C=CC=CSC(C)C. The summed E-state index contributed by atoms with van der Waals surface area (Å²) in [5.41, 5.74) is 0. The van der Waals surface area contributed by atoms with Crippen molar-refractivity contribution < 1.29 is 0 Å². The fraction of sp³-hybridized carbons (Fsp3) is 0.429. The van der Waals surface area contributed by atoms with Gasteiger partial charge in [0.1, 0.15) is 0 Å². The molecule has 0 spiro atoms. The summed E-state index contributed by atoms with van der Waals surface area (Å²) in [6.07, 6.45) is 3.74. The van der Waals surface area contributed by atoms with Crippen molar-refractivity contribution in [1.29, 1.82) is 0 Å². The molecule has 0 aromatic heterocycles. The lowest BCUT2D eigenvalue weighted by atomic mass is 10.6. The summed E-state index contributed by atoms with van der Waals surface area (Å²) >= 11 is 1.80. The van der Waals surface area contributed by atoms with E-state index in [1.165, 1.54) is 0 Å². The predicted octanol–water partition coefficient (Wildman–Crippen LogP) is 2.83. The maximum Gasteiger partial charge on any atom is 0.00317 e. The molecule has 0 aromatic carbocycles. The molecule has 0 bridgehead atoms. The van der Waals surface area contributed by atoms with Crippen LogP contribution in [0.1, 0.15) is 13.8 Å². The highest BCUT2D eigenvalue weighted by Gasteiger charge is 1.84. The monoisotopic (exact) mass is 128 g/mol. The second-order valence-electron chi connectivity index (χ2n) is 1.75. The Hall–Kier alpha value is -0.170. The van der Waals surface area contributed by atoms with Gasteiger partial charge < -0.3 is 0 Å². The van der Waals surface area contributed by atoms with E-state index in [2.05, 4.69) is 25.8 Å². The van der Waals surface area contributed by atoms with Gasteiger partial charge in [0.05, 0.1) is 0 Å². The van der Waals surface area contributed by atoms with E-state index in [9.17, 15) is 0 Å². The van der Waals surface area contributed by atoms with E-state index >= 15 is 0 Å². The zero-order valence-corrected chi connectivity index (χ0v) is 6.24. The summed E-state index contributed by atoms with van der Waals surface area (Å²) in [6.45, 7) is 7.89. The minimum Gasteiger partial charge on any atom is -0.131 e. The van der Waals surface area contributed by atoms with Crippen molar-refractivity contribution in [1.82, 2.24) is 0 Å². The minimum absolute atomic E-state index is 0.686. The largest absolute Gasteiger partial charge is 0.131 e. The number of allylic oxidation sites excluding steroid dienone is 2. The molecule has 0 fully saturated rings. The Morgan fingerprint density at radius 2 is 2.12 bits per heavy atom. The van der Waals surface area contributed by atoms with Gasteiger partial charge in [0.15, 0.2) is 0 Å². The molecule has 0 saturated heterocycles. The Bertz CT molecular complexity index is 82.4. The van der Waals surface area contributed by atoms with E-state index in [0.717, 1.165) is 0 Å². The van der Waals surface area contributed by atoms with Crippen LogP contribution in [0.5, 0.6) is 0 Å². The fourth-order valence-electron chi connectivity index (χ4n) is 0.258. The topological polar surface area (TPSA) is 0 Å². The molecule has 46 valence electrons. The van der Waals surface area contributed by atoms with Gasteiger partial charge >= 0.3 is 0 Å². The molecule has 0 saturated carbocycles. The van der Waals surface area contributed by atoms with Crippen LogP contribution in [0.3, 0.4) is 0 Å². The molecular formula is C7H12S. The molecule has 0 heterocycles. The molecule has 0 aliphatic rings. The number of thioether (sulfide) groups is 1. The number of rotatable bonds is 3. The Morgan fingerprint density at radius 3 is 2.50 bits per heavy atom. The van der Waals surface area contributed by atoms with Crippen LogP contribution in [0, 0.1) is 0 Å². The summed E-state index contributed by atoms with van der Waals surface area (Å²) in [7, 11) is 0. The van der Waals surface area contributed by atoms with Crippen molar-refractivity contribution in [3.63, 3.8) is 0 Å². The van der Waals surface area contributed by atoms with Gasteiger partial charge in [-0.1, -0.05) is 32.6 Å². The zero-order chi connectivity index (χ0) is 6.41. The standard InChI is InChI=1S/C7H12S/c1-4-5-6-8-7(2)3/h4-7H,1H2,2-3H3. The maximum absolute atomic E-state index is 3.56. The van der Waals surface area contributed by atoms with Crippen molar-refractivity contribution in [3.8, 4) is 0 Å². The van der Waals surface area contributed by atoms with Crippen LogP contribution >= 0.6 is 11.8 Å². The van der Waals surface area contributed by atoms with Gasteiger partial charge in [0.2, 0.25) is 0 Å². The molecule has 0 rings (SSSR count). The molecule has 0 N–H and O–H groups in total. The van der Waals surface area contributed by atoms with E-state index < -0.39 is 0 Å². The molecule has 0 unspecified atom stereocenters. The highest BCUT2D eigenvalue weighted by Crippen LogP contribution is 2.09. The average molecular weight is 128 g/mol. The van der Waals surface area contributed by atoms with Crippen LogP contribution in [-0.4, -0.2) is 5.25 Å². The van der Waals surface area contributed by atoms with E-state index in [1.807, 2.05) is 6.08 Å². The van der Waals surface area contributed by atoms with E-state index in [4.69, 9.17) is 0 Å². The summed E-state index contributed by atoms with van der Waals surface area (Å²) in [5.74, 6) is 0.